The molecule has 12 nitrogen and oxygen atoms in total. The summed E-state index contributed by atoms with van der Waals surface area (Å²) in [4.78, 5) is 28.0. The number of hydrogen-bond donors (Lipinski definition) is 1. The Morgan fingerprint density at radius 2 is 1.92 bits per heavy atom. The van der Waals surface area contributed by atoms with Crippen molar-refractivity contribution >= 4 is 33.8 Å². The third kappa shape index (κ3) is 6.03. The average molecular weight is 605 g/mol. The number of carbonyl (C=O) groups is 2. The largest absolute Gasteiger partial charge is 0.490 e. The summed E-state index contributed by atoms with van der Waals surface area (Å²) in [6.07, 6.45) is 4.88. The predicted octanol–water partition coefficient (Wildman–Crippen LogP) is 3.24. The number of hydrogen-bond acceptors (Lipinski definition) is 10. The van der Waals surface area contributed by atoms with Gasteiger partial charge in [0.1, 0.15) is 12.1 Å². The Balaban J connectivity index is 1.45. The first-order chi connectivity index (χ1) is 19.0. The van der Waals surface area contributed by atoms with Crippen LogP contribution in [-0.4, -0.2) is 82.6 Å². The summed E-state index contributed by atoms with van der Waals surface area (Å²) in [6.45, 7) is 6.02. The van der Waals surface area contributed by atoms with Crippen LogP contribution in [0.5, 0.6) is 11.5 Å². The molecule has 1 aromatic carbocycles. The van der Waals surface area contributed by atoms with Crippen LogP contribution < -0.4 is 14.8 Å². The van der Waals surface area contributed by atoms with E-state index in [0.717, 1.165) is 32.1 Å². The smallest absolute Gasteiger partial charge is 0.338 e. The Kier molecular flexibility index (Phi) is 8.66. The standard InChI is InChI=1S/C26H33BrN6O6/c1-3-37-20-14-17(13-19(27)24(20)38-15-21(34)32-9-11-36-12-10-32)23-22(16(2)28-26-29-30-31-33(23)26)25(35)39-18-7-5-4-6-8-18/h13-14,18,23H,3-12,15H2,1-2H3,(H,28,29,31). The number of halogens is 1. The molecular formula is C26H33BrN6O6. The highest BCUT2D eigenvalue weighted by atomic mass is 79.9. The van der Waals surface area contributed by atoms with Crippen molar-refractivity contribution < 1.29 is 28.5 Å². The minimum atomic E-state index is -0.660. The average Bonchev–Trinajstić information content (AvgIpc) is 3.40. The highest BCUT2D eigenvalue weighted by Gasteiger charge is 2.37. The van der Waals surface area contributed by atoms with Gasteiger partial charge in [-0.05, 0) is 83.6 Å². The van der Waals surface area contributed by atoms with Gasteiger partial charge >= 0.3 is 5.97 Å². The second kappa shape index (κ2) is 12.3. The number of ether oxygens (including phenoxy) is 4. The van der Waals surface area contributed by atoms with Gasteiger partial charge in [-0.2, -0.15) is 4.68 Å². The van der Waals surface area contributed by atoms with Gasteiger partial charge in [-0.3, -0.25) is 4.79 Å². The lowest BCUT2D eigenvalue weighted by Crippen LogP contribution is -2.43. The summed E-state index contributed by atoms with van der Waals surface area (Å²) in [5.74, 6) is 0.725. The van der Waals surface area contributed by atoms with Crippen LogP contribution in [0.25, 0.3) is 0 Å². The predicted molar refractivity (Wildman–Crippen MR) is 143 cm³/mol. The molecule has 5 rings (SSSR count). The van der Waals surface area contributed by atoms with Crippen LogP contribution in [0.15, 0.2) is 27.9 Å². The van der Waals surface area contributed by atoms with Crippen LogP contribution in [0.2, 0.25) is 0 Å². The fourth-order valence-electron chi connectivity index (χ4n) is 5.17. The topological polar surface area (TPSA) is 130 Å². The lowest BCUT2D eigenvalue weighted by molar-refractivity contribution is -0.146. The van der Waals surface area contributed by atoms with E-state index < -0.39 is 12.0 Å². The second-order valence-corrected chi connectivity index (χ2v) is 10.6. The number of nitrogens with one attached hydrogen (secondary N) is 1. The molecule has 3 heterocycles. The van der Waals surface area contributed by atoms with E-state index in [2.05, 4.69) is 36.8 Å². The number of anilines is 1. The van der Waals surface area contributed by atoms with Gasteiger partial charge in [0.15, 0.2) is 18.1 Å². The number of tetrazole rings is 1. The Labute approximate surface area is 235 Å². The first kappa shape index (κ1) is 27.4. The molecule has 210 valence electrons. The maximum Gasteiger partial charge on any atom is 0.338 e. The van der Waals surface area contributed by atoms with E-state index in [9.17, 15) is 9.59 Å². The van der Waals surface area contributed by atoms with Crippen molar-refractivity contribution in [2.24, 2.45) is 0 Å². The lowest BCUT2D eigenvalue weighted by atomic mass is 9.94. The Hall–Kier alpha value is -3.19. The van der Waals surface area contributed by atoms with Crippen LogP contribution in [0.1, 0.15) is 57.6 Å². The number of benzene rings is 1. The fourth-order valence-corrected chi connectivity index (χ4v) is 5.74. The molecule has 39 heavy (non-hydrogen) atoms. The minimum Gasteiger partial charge on any atom is -0.490 e. The van der Waals surface area contributed by atoms with Gasteiger partial charge in [0.2, 0.25) is 5.95 Å². The third-order valence-corrected chi connectivity index (χ3v) is 7.70. The zero-order valence-corrected chi connectivity index (χ0v) is 23.7. The van der Waals surface area contributed by atoms with Gasteiger partial charge < -0.3 is 29.2 Å². The molecule has 1 saturated heterocycles. The normalized spacial score (nSPS) is 19.8. The highest BCUT2D eigenvalue weighted by Crippen LogP contribution is 2.43. The van der Waals surface area contributed by atoms with Crippen molar-refractivity contribution in [1.82, 2.24) is 25.1 Å². The molecule has 2 fully saturated rings. The molecule has 0 spiro atoms. The lowest BCUT2D eigenvalue weighted by Gasteiger charge is -2.30. The first-order valence-corrected chi connectivity index (χ1v) is 14.2. The monoisotopic (exact) mass is 604 g/mol. The Morgan fingerprint density at radius 1 is 1.15 bits per heavy atom. The Morgan fingerprint density at radius 3 is 2.67 bits per heavy atom. The summed E-state index contributed by atoms with van der Waals surface area (Å²) < 4.78 is 25.3. The number of allylic oxidation sites excluding steroid dienone is 1. The van der Waals surface area contributed by atoms with Crippen molar-refractivity contribution in [3.63, 3.8) is 0 Å². The van der Waals surface area contributed by atoms with E-state index in [0.29, 0.717) is 71.7 Å². The van der Waals surface area contributed by atoms with E-state index in [4.69, 9.17) is 18.9 Å². The van der Waals surface area contributed by atoms with Gasteiger partial charge in [0.05, 0.1) is 29.9 Å². The number of esters is 1. The summed E-state index contributed by atoms with van der Waals surface area (Å²) in [5, 5.41) is 15.2. The van der Waals surface area contributed by atoms with E-state index in [1.54, 1.807) is 15.6 Å². The van der Waals surface area contributed by atoms with Crippen LogP contribution in [0.4, 0.5) is 5.95 Å². The number of aromatic nitrogens is 4. The summed E-state index contributed by atoms with van der Waals surface area (Å²) in [6, 6.07) is 2.97. The molecule has 1 amide bonds. The second-order valence-electron chi connectivity index (χ2n) is 9.72. The molecule has 1 aromatic heterocycles. The maximum absolute atomic E-state index is 13.6. The van der Waals surface area contributed by atoms with Crippen LogP contribution in [0.3, 0.4) is 0 Å². The number of morpholine rings is 1. The first-order valence-electron chi connectivity index (χ1n) is 13.4. The van der Waals surface area contributed by atoms with Crippen LogP contribution in [0, 0.1) is 0 Å². The molecule has 13 heteroatoms. The van der Waals surface area contributed by atoms with Crippen molar-refractivity contribution in [2.45, 2.75) is 58.1 Å². The highest BCUT2D eigenvalue weighted by molar-refractivity contribution is 9.10. The van der Waals surface area contributed by atoms with Crippen molar-refractivity contribution in [3.05, 3.63) is 33.4 Å². The molecule has 0 radical (unpaired) electrons. The summed E-state index contributed by atoms with van der Waals surface area (Å²) in [5.41, 5.74) is 1.74. The van der Waals surface area contributed by atoms with Crippen molar-refractivity contribution in [3.8, 4) is 11.5 Å². The molecule has 1 aliphatic carbocycles. The molecule has 2 aliphatic heterocycles. The summed E-state index contributed by atoms with van der Waals surface area (Å²) >= 11 is 3.60. The number of fused-ring (bicyclic) bond motifs is 1. The molecule has 2 aromatic rings. The quantitative estimate of drug-likeness (QED) is 0.448. The number of rotatable bonds is 8. The fraction of sp³-hybridized carbons (Fsp3) is 0.577. The molecule has 1 atom stereocenters. The van der Waals surface area contributed by atoms with Crippen LogP contribution >= 0.6 is 15.9 Å². The van der Waals surface area contributed by atoms with E-state index in [1.807, 2.05) is 19.9 Å². The molecule has 1 saturated carbocycles. The van der Waals surface area contributed by atoms with E-state index in [1.165, 1.54) is 0 Å². The van der Waals surface area contributed by atoms with Gasteiger partial charge in [-0.1, -0.05) is 11.5 Å². The van der Waals surface area contributed by atoms with E-state index >= 15 is 0 Å². The Bertz CT molecular complexity index is 1240. The van der Waals surface area contributed by atoms with Gasteiger partial charge in [0, 0.05) is 18.8 Å². The summed E-state index contributed by atoms with van der Waals surface area (Å²) in [7, 11) is 0. The zero-order chi connectivity index (χ0) is 27.4. The van der Waals surface area contributed by atoms with Crippen molar-refractivity contribution in [2.75, 3.05) is 44.8 Å². The molecule has 1 unspecified atom stereocenters. The van der Waals surface area contributed by atoms with Gasteiger partial charge in [-0.25, -0.2) is 4.79 Å². The molecule has 1 N–H and O–H groups in total. The van der Waals surface area contributed by atoms with Gasteiger partial charge in [-0.15, -0.1) is 0 Å². The molecule has 0 bridgehead atoms. The SMILES string of the molecule is CCOc1cc(C2C(C(=O)OC3CCCCC3)=C(C)Nc3nnnn32)cc(Br)c1OCC(=O)N1CCOCC1. The molecular weight excluding hydrogens is 572 g/mol. The maximum atomic E-state index is 13.6. The molecule has 3 aliphatic rings. The van der Waals surface area contributed by atoms with Crippen molar-refractivity contribution in [1.29, 1.82) is 0 Å². The van der Waals surface area contributed by atoms with Crippen LogP contribution in [-0.2, 0) is 19.1 Å². The van der Waals surface area contributed by atoms with E-state index in [-0.39, 0.29) is 18.6 Å². The van der Waals surface area contributed by atoms with Gasteiger partial charge in [0.25, 0.3) is 5.91 Å². The minimum absolute atomic E-state index is 0.104. The zero-order valence-electron chi connectivity index (χ0n) is 22.2. The third-order valence-electron chi connectivity index (χ3n) is 7.11. The number of amides is 1. The number of nitrogens with zero attached hydrogens (tertiary/aromatic N) is 5. The number of carbonyl (C=O) groups excluding carboxylic acids is 2.